The van der Waals surface area contributed by atoms with Crippen molar-refractivity contribution in [3.63, 3.8) is 0 Å². The molecule has 1 saturated heterocycles. The van der Waals surface area contributed by atoms with Crippen LogP contribution >= 0.6 is 39.9 Å². The standard InChI is InChI=1S/C15H16BrClN4O.ClH/c1-8(9-6-18-7-9)15(22)19-14-5-13(20-21-14)11-4-10(16)2-3-12(11)17;/h2-5,8-9,18H,6-7H2,1H3,(H2,19,20,21,22);1H. The number of H-pyrrole nitrogens is 1. The highest BCUT2D eigenvalue weighted by Gasteiger charge is 2.29. The van der Waals surface area contributed by atoms with Crippen molar-refractivity contribution < 1.29 is 4.79 Å². The van der Waals surface area contributed by atoms with Crippen LogP contribution in [0.5, 0.6) is 0 Å². The summed E-state index contributed by atoms with van der Waals surface area (Å²) < 4.78 is 0.929. The van der Waals surface area contributed by atoms with Crippen LogP contribution in [0, 0.1) is 11.8 Å². The van der Waals surface area contributed by atoms with Gasteiger partial charge in [-0.25, -0.2) is 0 Å². The maximum absolute atomic E-state index is 12.2. The number of benzene rings is 1. The minimum absolute atomic E-state index is 0. The zero-order valence-corrected chi connectivity index (χ0v) is 15.6. The Balaban J connectivity index is 0.00000192. The Kier molecular flexibility index (Phi) is 6.08. The van der Waals surface area contributed by atoms with Crippen LogP contribution in [0.3, 0.4) is 0 Å². The molecule has 1 aromatic heterocycles. The summed E-state index contributed by atoms with van der Waals surface area (Å²) in [5.41, 5.74) is 1.60. The van der Waals surface area contributed by atoms with E-state index >= 15 is 0 Å². The van der Waals surface area contributed by atoms with Gasteiger partial charge in [0, 0.05) is 22.0 Å². The second-order valence-electron chi connectivity index (χ2n) is 5.49. The summed E-state index contributed by atoms with van der Waals surface area (Å²) in [7, 11) is 0. The molecule has 0 saturated carbocycles. The molecule has 3 rings (SSSR count). The van der Waals surface area contributed by atoms with Gasteiger partial charge in [0.15, 0.2) is 5.82 Å². The van der Waals surface area contributed by atoms with E-state index in [0.717, 1.165) is 28.8 Å². The highest BCUT2D eigenvalue weighted by Crippen LogP contribution is 2.30. The number of amides is 1. The Bertz CT molecular complexity index is 703. The molecule has 8 heteroatoms. The van der Waals surface area contributed by atoms with E-state index in [1.54, 1.807) is 6.07 Å². The Labute approximate surface area is 154 Å². The summed E-state index contributed by atoms with van der Waals surface area (Å²) in [6.07, 6.45) is 0. The van der Waals surface area contributed by atoms with Gasteiger partial charge in [0.1, 0.15) is 0 Å². The van der Waals surface area contributed by atoms with Crippen LogP contribution in [-0.2, 0) is 4.79 Å². The fraction of sp³-hybridized carbons (Fsp3) is 0.333. The third kappa shape index (κ3) is 4.07. The highest BCUT2D eigenvalue weighted by molar-refractivity contribution is 9.10. The molecule has 1 aliphatic rings. The van der Waals surface area contributed by atoms with Crippen LogP contribution in [0.1, 0.15) is 6.92 Å². The van der Waals surface area contributed by atoms with Gasteiger partial charge in [-0.15, -0.1) is 12.4 Å². The van der Waals surface area contributed by atoms with E-state index in [1.807, 2.05) is 25.1 Å². The number of nitrogens with zero attached hydrogens (tertiary/aromatic N) is 1. The molecule has 1 amide bonds. The zero-order valence-electron chi connectivity index (χ0n) is 12.4. The first kappa shape index (κ1) is 18.3. The number of hydrogen-bond donors (Lipinski definition) is 3. The van der Waals surface area contributed by atoms with Gasteiger partial charge in [0.25, 0.3) is 0 Å². The average Bonchev–Trinajstić information content (AvgIpc) is 2.87. The summed E-state index contributed by atoms with van der Waals surface area (Å²) in [6, 6.07) is 7.38. The van der Waals surface area contributed by atoms with Crippen molar-refractivity contribution in [3.8, 4) is 11.3 Å². The summed E-state index contributed by atoms with van der Waals surface area (Å²) in [5.74, 6) is 0.869. The van der Waals surface area contributed by atoms with Crippen molar-refractivity contribution in [1.82, 2.24) is 15.5 Å². The van der Waals surface area contributed by atoms with Gasteiger partial charge < -0.3 is 10.6 Å². The van der Waals surface area contributed by atoms with E-state index in [0.29, 0.717) is 16.8 Å². The summed E-state index contributed by atoms with van der Waals surface area (Å²) in [4.78, 5) is 12.2. The first-order valence-electron chi connectivity index (χ1n) is 7.07. The molecule has 2 aromatic rings. The number of carbonyl (C=O) groups is 1. The van der Waals surface area contributed by atoms with Gasteiger partial charge in [-0.3, -0.25) is 9.89 Å². The predicted octanol–water partition coefficient (Wildman–Crippen LogP) is 3.71. The third-order valence-corrected chi connectivity index (χ3v) is 4.80. The number of halogens is 3. The smallest absolute Gasteiger partial charge is 0.228 e. The molecule has 2 heterocycles. The van der Waals surface area contributed by atoms with E-state index in [9.17, 15) is 4.79 Å². The molecule has 23 heavy (non-hydrogen) atoms. The van der Waals surface area contributed by atoms with E-state index in [1.165, 1.54) is 0 Å². The lowest BCUT2D eigenvalue weighted by molar-refractivity contribution is -0.121. The Morgan fingerprint density at radius 2 is 2.17 bits per heavy atom. The Morgan fingerprint density at radius 3 is 2.83 bits per heavy atom. The van der Waals surface area contributed by atoms with Gasteiger partial charge in [0.05, 0.1) is 10.7 Å². The van der Waals surface area contributed by atoms with Gasteiger partial charge >= 0.3 is 0 Å². The Hall–Kier alpha value is -1.08. The molecule has 1 fully saturated rings. The number of hydrogen-bond acceptors (Lipinski definition) is 3. The van der Waals surface area contributed by atoms with Crippen LogP contribution in [0.2, 0.25) is 5.02 Å². The molecule has 1 unspecified atom stereocenters. The highest BCUT2D eigenvalue weighted by atomic mass is 79.9. The number of anilines is 1. The second kappa shape index (κ2) is 7.66. The van der Waals surface area contributed by atoms with Crippen molar-refractivity contribution >= 4 is 51.7 Å². The first-order chi connectivity index (χ1) is 10.5. The van der Waals surface area contributed by atoms with Crippen LogP contribution in [0.25, 0.3) is 11.3 Å². The number of rotatable bonds is 4. The van der Waals surface area contributed by atoms with E-state index in [4.69, 9.17) is 11.6 Å². The van der Waals surface area contributed by atoms with E-state index < -0.39 is 0 Å². The van der Waals surface area contributed by atoms with Crippen LogP contribution in [-0.4, -0.2) is 29.2 Å². The van der Waals surface area contributed by atoms with Gasteiger partial charge in [-0.2, -0.15) is 5.10 Å². The Morgan fingerprint density at radius 1 is 1.43 bits per heavy atom. The van der Waals surface area contributed by atoms with Crippen LogP contribution in [0.15, 0.2) is 28.7 Å². The first-order valence-corrected chi connectivity index (χ1v) is 8.24. The van der Waals surface area contributed by atoms with Crippen molar-refractivity contribution in [2.75, 3.05) is 18.4 Å². The quantitative estimate of drug-likeness (QED) is 0.707. The molecule has 1 aliphatic heterocycles. The fourth-order valence-corrected chi connectivity index (χ4v) is 2.93. The predicted molar refractivity (Wildman–Crippen MR) is 98.1 cm³/mol. The molecular formula is C15H17BrCl2N4O. The molecule has 3 N–H and O–H groups in total. The molecule has 0 radical (unpaired) electrons. The van der Waals surface area contributed by atoms with Gasteiger partial charge in [-0.1, -0.05) is 34.5 Å². The molecule has 1 atom stereocenters. The zero-order chi connectivity index (χ0) is 15.7. The van der Waals surface area contributed by atoms with Crippen molar-refractivity contribution in [1.29, 1.82) is 0 Å². The largest absolute Gasteiger partial charge is 0.316 e. The lowest BCUT2D eigenvalue weighted by Gasteiger charge is -2.31. The van der Waals surface area contributed by atoms with Crippen molar-refractivity contribution in [3.05, 3.63) is 33.8 Å². The molecule has 0 spiro atoms. The summed E-state index contributed by atoms with van der Waals surface area (Å²) in [6.45, 7) is 3.74. The maximum Gasteiger partial charge on any atom is 0.228 e. The maximum atomic E-state index is 12.2. The van der Waals surface area contributed by atoms with E-state index in [2.05, 4.69) is 36.8 Å². The lowest BCUT2D eigenvalue weighted by atomic mass is 9.88. The lowest BCUT2D eigenvalue weighted by Crippen LogP contribution is -2.48. The minimum Gasteiger partial charge on any atom is -0.316 e. The minimum atomic E-state index is -0.0316. The van der Waals surface area contributed by atoms with Gasteiger partial charge in [0.2, 0.25) is 5.91 Å². The molecule has 0 bridgehead atoms. The van der Waals surface area contributed by atoms with Gasteiger partial charge in [-0.05, 0) is 37.2 Å². The molecule has 0 aliphatic carbocycles. The molecule has 5 nitrogen and oxygen atoms in total. The third-order valence-electron chi connectivity index (χ3n) is 3.98. The van der Waals surface area contributed by atoms with Crippen molar-refractivity contribution in [2.45, 2.75) is 6.92 Å². The van der Waals surface area contributed by atoms with E-state index in [-0.39, 0.29) is 24.2 Å². The molecular weight excluding hydrogens is 403 g/mol. The number of aromatic nitrogens is 2. The summed E-state index contributed by atoms with van der Waals surface area (Å²) >= 11 is 9.62. The monoisotopic (exact) mass is 418 g/mol. The molecule has 1 aromatic carbocycles. The topological polar surface area (TPSA) is 69.8 Å². The second-order valence-corrected chi connectivity index (χ2v) is 6.81. The van der Waals surface area contributed by atoms with Crippen LogP contribution < -0.4 is 10.6 Å². The number of carbonyl (C=O) groups excluding carboxylic acids is 1. The van der Waals surface area contributed by atoms with Crippen LogP contribution in [0.4, 0.5) is 5.82 Å². The average molecular weight is 420 g/mol. The number of nitrogens with one attached hydrogen (secondary N) is 3. The fourth-order valence-electron chi connectivity index (χ4n) is 2.35. The summed E-state index contributed by atoms with van der Waals surface area (Å²) in [5, 5.41) is 13.7. The normalized spacial score (nSPS) is 15.4. The van der Waals surface area contributed by atoms with Crippen molar-refractivity contribution in [2.24, 2.45) is 11.8 Å². The number of aromatic amines is 1. The SMILES string of the molecule is CC(C(=O)Nc1cc(-c2cc(Br)ccc2Cl)[nH]n1)C1CNC1.Cl. The molecule has 124 valence electrons.